The second kappa shape index (κ2) is 5.18. The highest BCUT2D eigenvalue weighted by Crippen LogP contribution is 2.60. The Morgan fingerprint density at radius 1 is 1.14 bits per heavy atom. The zero-order valence-corrected chi connectivity index (χ0v) is 13.1. The number of rotatable bonds is 3. The molecule has 1 aromatic rings. The summed E-state index contributed by atoms with van der Waals surface area (Å²) < 4.78 is 38.0. The molecule has 2 rings (SSSR count). The highest BCUT2D eigenvalue weighted by molar-refractivity contribution is 5.97. The van der Waals surface area contributed by atoms with Crippen molar-refractivity contribution in [1.29, 1.82) is 0 Å². The van der Waals surface area contributed by atoms with E-state index in [0.717, 1.165) is 5.69 Å². The molecule has 2 atom stereocenters. The third-order valence-corrected chi connectivity index (χ3v) is 3.81. The van der Waals surface area contributed by atoms with Crippen LogP contribution >= 0.6 is 0 Å². The van der Waals surface area contributed by atoms with E-state index < -0.39 is 23.4 Å². The first-order chi connectivity index (χ1) is 9.92. The summed E-state index contributed by atoms with van der Waals surface area (Å²) in [5.41, 5.74) is -0.0536. The Balaban J connectivity index is 1.99. The molecule has 22 heavy (non-hydrogen) atoms. The molecule has 0 aliphatic heterocycles. The van der Waals surface area contributed by atoms with Crippen LogP contribution in [0.5, 0.6) is 0 Å². The lowest BCUT2D eigenvalue weighted by atomic mass is 10.1. The minimum atomic E-state index is -4.31. The van der Waals surface area contributed by atoms with Crippen LogP contribution in [0.15, 0.2) is 24.3 Å². The average Bonchev–Trinajstić information content (AvgIpc) is 3.04. The summed E-state index contributed by atoms with van der Waals surface area (Å²) in [4.78, 5) is 12.0. The van der Waals surface area contributed by atoms with Crippen LogP contribution in [0.2, 0.25) is 0 Å². The summed E-state index contributed by atoms with van der Waals surface area (Å²) in [5, 5.41) is 5.84. The highest BCUT2D eigenvalue weighted by Gasteiger charge is 2.67. The normalized spacial score (nSPS) is 24.8. The van der Waals surface area contributed by atoms with Crippen molar-refractivity contribution < 1.29 is 18.0 Å². The molecule has 6 heteroatoms. The maximum absolute atomic E-state index is 12.7. The molecule has 3 nitrogen and oxygen atoms in total. The molecule has 1 saturated carbocycles. The van der Waals surface area contributed by atoms with Gasteiger partial charge in [-0.05, 0) is 51.5 Å². The van der Waals surface area contributed by atoms with Crippen molar-refractivity contribution in [2.24, 2.45) is 11.3 Å². The largest absolute Gasteiger partial charge is 0.392 e. The van der Waals surface area contributed by atoms with Gasteiger partial charge >= 0.3 is 6.18 Å². The van der Waals surface area contributed by atoms with Crippen molar-refractivity contribution in [2.75, 3.05) is 10.6 Å². The van der Waals surface area contributed by atoms with Crippen LogP contribution in [-0.4, -0.2) is 17.6 Å². The van der Waals surface area contributed by atoms with Gasteiger partial charge in [0.25, 0.3) is 0 Å². The quantitative estimate of drug-likeness (QED) is 0.867. The van der Waals surface area contributed by atoms with Crippen molar-refractivity contribution in [2.45, 2.75) is 45.8 Å². The third kappa shape index (κ3) is 3.72. The van der Waals surface area contributed by atoms with Crippen LogP contribution in [0.4, 0.5) is 24.5 Å². The Morgan fingerprint density at radius 3 is 2.05 bits per heavy atom. The molecule has 0 heterocycles. The van der Waals surface area contributed by atoms with E-state index >= 15 is 0 Å². The Morgan fingerprint density at radius 2 is 1.64 bits per heavy atom. The maximum Gasteiger partial charge on any atom is 0.392 e. The van der Waals surface area contributed by atoms with Crippen LogP contribution in [0.3, 0.4) is 0 Å². The number of benzene rings is 1. The molecule has 2 N–H and O–H groups in total. The standard InChI is InChI=1S/C16H21F3N2O/c1-14(2,3)21-11-7-5-10(6-8-11)20-13(22)15(4)9-12(15)16(17,18)19/h5-8,12,21H,9H2,1-4H3,(H,20,22). The van der Waals surface area contributed by atoms with Crippen molar-refractivity contribution >= 4 is 17.3 Å². The Bertz CT molecular complexity index is 560. The van der Waals surface area contributed by atoms with Gasteiger partial charge in [0.2, 0.25) is 5.91 Å². The first-order valence-corrected chi connectivity index (χ1v) is 7.18. The number of hydrogen-bond acceptors (Lipinski definition) is 2. The summed E-state index contributed by atoms with van der Waals surface area (Å²) in [5.74, 6) is -2.12. The van der Waals surface area contributed by atoms with Crippen LogP contribution in [-0.2, 0) is 4.79 Å². The summed E-state index contributed by atoms with van der Waals surface area (Å²) in [6.07, 6.45) is -4.46. The number of amides is 1. The smallest absolute Gasteiger partial charge is 0.380 e. The van der Waals surface area contributed by atoms with Crippen LogP contribution in [0.1, 0.15) is 34.1 Å². The molecule has 1 aliphatic rings. The third-order valence-electron chi connectivity index (χ3n) is 3.81. The Hall–Kier alpha value is -1.72. The molecule has 0 aromatic heterocycles. The van der Waals surface area contributed by atoms with Gasteiger partial charge in [-0.3, -0.25) is 4.79 Å². The maximum atomic E-state index is 12.7. The fourth-order valence-corrected chi connectivity index (χ4v) is 2.44. The van der Waals surface area contributed by atoms with Crippen LogP contribution in [0, 0.1) is 11.3 Å². The number of halogens is 3. The fraction of sp³-hybridized carbons (Fsp3) is 0.562. The van der Waals surface area contributed by atoms with E-state index in [9.17, 15) is 18.0 Å². The summed E-state index contributed by atoms with van der Waals surface area (Å²) in [7, 11) is 0. The lowest BCUT2D eigenvalue weighted by Crippen LogP contribution is -2.28. The van der Waals surface area contributed by atoms with E-state index in [1.165, 1.54) is 6.92 Å². The molecule has 2 unspecified atom stereocenters. The van der Waals surface area contributed by atoms with E-state index in [4.69, 9.17) is 0 Å². The molecule has 1 aromatic carbocycles. The van der Waals surface area contributed by atoms with E-state index in [1.54, 1.807) is 24.3 Å². The first-order valence-electron chi connectivity index (χ1n) is 7.18. The molecular weight excluding hydrogens is 293 g/mol. The number of hydrogen-bond donors (Lipinski definition) is 2. The molecule has 0 bridgehead atoms. The average molecular weight is 314 g/mol. The molecule has 1 aliphatic carbocycles. The zero-order valence-electron chi connectivity index (χ0n) is 13.1. The van der Waals surface area contributed by atoms with E-state index in [0.29, 0.717) is 5.69 Å². The first kappa shape index (κ1) is 16.6. The molecular formula is C16H21F3N2O. The zero-order chi connectivity index (χ0) is 16.8. The van der Waals surface area contributed by atoms with Gasteiger partial charge in [0.05, 0.1) is 11.3 Å². The topological polar surface area (TPSA) is 41.1 Å². The van der Waals surface area contributed by atoms with Crippen molar-refractivity contribution in [3.8, 4) is 0 Å². The molecule has 1 amide bonds. The van der Waals surface area contributed by atoms with E-state index in [-0.39, 0.29) is 12.0 Å². The van der Waals surface area contributed by atoms with Gasteiger partial charge in [-0.25, -0.2) is 0 Å². The van der Waals surface area contributed by atoms with Gasteiger partial charge in [-0.1, -0.05) is 6.92 Å². The number of anilines is 2. The van der Waals surface area contributed by atoms with Gasteiger partial charge in [-0.2, -0.15) is 13.2 Å². The molecule has 0 spiro atoms. The van der Waals surface area contributed by atoms with Crippen molar-refractivity contribution in [3.63, 3.8) is 0 Å². The minimum Gasteiger partial charge on any atom is -0.380 e. The monoisotopic (exact) mass is 314 g/mol. The number of carbonyl (C=O) groups is 1. The Labute approximate surface area is 128 Å². The second-order valence-corrected chi connectivity index (χ2v) is 7.12. The molecule has 1 fully saturated rings. The Kier molecular flexibility index (Phi) is 3.92. The van der Waals surface area contributed by atoms with Gasteiger partial charge in [0, 0.05) is 16.9 Å². The summed E-state index contributed by atoms with van der Waals surface area (Å²) >= 11 is 0. The molecule has 0 saturated heterocycles. The van der Waals surface area contributed by atoms with Gasteiger partial charge in [-0.15, -0.1) is 0 Å². The fourth-order valence-electron chi connectivity index (χ4n) is 2.44. The van der Waals surface area contributed by atoms with Gasteiger partial charge in [0.15, 0.2) is 0 Å². The SMILES string of the molecule is CC(C)(C)Nc1ccc(NC(=O)C2(C)CC2C(F)(F)F)cc1. The predicted molar refractivity (Wildman–Crippen MR) is 80.7 cm³/mol. The minimum absolute atomic E-state index is 0.0911. The van der Waals surface area contributed by atoms with Crippen LogP contribution < -0.4 is 10.6 Å². The summed E-state index contributed by atoms with van der Waals surface area (Å²) in [6, 6.07) is 6.94. The lowest BCUT2D eigenvalue weighted by Gasteiger charge is -2.22. The van der Waals surface area contributed by atoms with Crippen molar-refractivity contribution in [1.82, 2.24) is 0 Å². The van der Waals surface area contributed by atoms with Gasteiger partial charge < -0.3 is 10.6 Å². The number of nitrogens with one attached hydrogen (secondary N) is 2. The second-order valence-electron chi connectivity index (χ2n) is 7.12. The predicted octanol–water partition coefficient (Wildman–Crippen LogP) is 4.42. The van der Waals surface area contributed by atoms with Gasteiger partial charge in [0.1, 0.15) is 0 Å². The number of alkyl halides is 3. The molecule has 0 radical (unpaired) electrons. The van der Waals surface area contributed by atoms with E-state index in [2.05, 4.69) is 10.6 Å². The number of carbonyl (C=O) groups excluding carboxylic acids is 1. The lowest BCUT2D eigenvalue weighted by molar-refractivity contribution is -0.159. The molecule has 122 valence electrons. The summed E-state index contributed by atoms with van der Waals surface area (Å²) in [6.45, 7) is 7.42. The highest BCUT2D eigenvalue weighted by atomic mass is 19.4. The van der Waals surface area contributed by atoms with E-state index in [1.807, 2.05) is 20.8 Å². The van der Waals surface area contributed by atoms with Crippen LogP contribution in [0.25, 0.3) is 0 Å². The van der Waals surface area contributed by atoms with Crippen molar-refractivity contribution in [3.05, 3.63) is 24.3 Å².